The molecule has 0 aromatic rings. The average Bonchev–Trinajstić information content (AvgIpc) is 3.47. The number of hydrogen-bond donors (Lipinski definition) is 0. The number of carbonyl (C=O) groups is 3. The van der Waals surface area contributed by atoms with E-state index in [9.17, 15) is 14.4 Å². The molecule has 0 aliphatic heterocycles. The lowest BCUT2D eigenvalue weighted by molar-refractivity contribution is -0.167. The molecule has 0 saturated heterocycles. The zero-order valence-corrected chi connectivity index (χ0v) is 54.6. The van der Waals surface area contributed by atoms with Crippen LogP contribution in [0, 0.1) is 0 Å². The maximum atomic E-state index is 12.9. The van der Waals surface area contributed by atoms with Gasteiger partial charge in [-0.1, -0.05) is 320 Å². The van der Waals surface area contributed by atoms with Crippen LogP contribution in [-0.4, -0.2) is 37.2 Å². The molecule has 6 nitrogen and oxygen atoms in total. The largest absolute Gasteiger partial charge is 0.462 e. The summed E-state index contributed by atoms with van der Waals surface area (Å²) >= 11 is 0. The normalized spacial score (nSPS) is 12.3. The van der Waals surface area contributed by atoms with Crippen LogP contribution in [0.25, 0.3) is 0 Å². The highest BCUT2D eigenvalue weighted by atomic mass is 16.6. The Hall–Kier alpha value is -2.63. The Kier molecular flexibility index (Phi) is 67.6. The molecule has 0 radical (unpaired) electrons. The molecule has 0 saturated carbocycles. The molecule has 0 N–H and O–H groups in total. The summed E-state index contributed by atoms with van der Waals surface area (Å²) in [6.07, 6.45) is 88.8. The van der Waals surface area contributed by atoms with Gasteiger partial charge in [-0.25, -0.2) is 0 Å². The van der Waals surface area contributed by atoms with Gasteiger partial charge in [0.15, 0.2) is 6.10 Å². The molecule has 0 heterocycles. The van der Waals surface area contributed by atoms with Crippen LogP contribution in [0.4, 0.5) is 0 Å². The topological polar surface area (TPSA) is 78.9 Å². The lowest BCUT2D eigenvalue weighted by Crippen LogP contribution is -2.30. The first-order valence-electron chi connectivity index (χ1n) is 36.1. The second kappa shape index (κ2) is 69.9. The molecule has 0 amide bonds. The van der Waals surface area contributed by atoms with E-state index in [2.05, 4.69) is 69.4 Å². The first-order valence-corrected chi connectivity index (χ1v) is 36.1. The van der Waals surface area contributed by atoms with Crippen LogP contribution >= 0.6 is 0 Å². The van der Waals surface area contributed by atoms with Gasteiger partial charge in [0.05, 0.1) is 0 Å². The predicted molar refractivity (Wildman–Crippen MR) is 353 cm³/mol. The van der Waals surface area contributed by atoms with Crippen LogP contribution in [0.15, 0.2) is 48.6 Å². The van der Waals surface area contributed by atoms with Crippen molar-refractivity contribution in [3.8, 4) is 0 Å². The Labute approximate surface area is 505 Å². The fourth-order valence-corrected chi connectivity index (χ4v) is 10.8. The van der Waals surface area contributed by atoms with E-state index in [0.717, 1.165) is 77.0 Å². The molecule has 0 fully saturated rings. The summed E-state index contributed by atoms with van der Waals surface area (Å²) in [5.74, 6) is -0.870. The van der Waals surface area contributed by atoms with Crippen molar-refractivity contribution in [1.82, 2.24) is 0 Å². The standard InChI is InChI=1S/C75H138O6/c1-4-7-10-13-16-19-22-25-27-29-31-32-33-34-35-36-37-38-39-40-41-42-43-44-45-47-48-50-53-56-59-62-65-68-74(77)80-71-72(70-79-73(76)67-64-61-58-55-52-24-21-18-15-12-9-6-3)81-75(78)69-66-63-60-57-54-51-49-46-30-28-26-23-20-17-14-11-8-5-2/h18,20-21,23,28-31,72H,4-17,19,22,24-27,32-71H2,1-3H3/b21-18-,23-20-,30-28-,31-29-. The zero-order valence-electron chi connectivity index (χ0n) is 54.6. The second-order valence-corrected chi connectivity index (χ2v) is 24.5. The van der Waals surface area contributed by atoms with E-state index >= 15 is 0 Å². The van der Waals surface area contributed by atoms with E-state index < -0.39 is 6.10 Å². The highest BCUT2D eigenvalue weighted by Gasteiger charge is 2.19. The lowest BCUT2D eigenvalue weighted by Gasteiger charge is -2.18. The number of ether oxygens (including phenoxy) is 3. The fourth-order valence-electron chi connectivity index (χ4n) is 10.8. The van der Waals surface area contributed by atoms with E-state index in [-0.39, 0.29) is 31.1 Å². The minimum atomic E-state index is -0.780. The summed E-state index contributed by atoms with van der Waals surface area (Å²) in [5, 5.41) is 0. The smallest absolute Gasteiger partial charge is 0.306 e. The van der Waals surface area contributed by atoms with Crippen molar-refractivity contribution in [2.24, 2.45) is 0 Å². The van der Waals surface area contributed by atoms with Crippen molar-refractivity contribution in [1.29, 1.82) is 0 Å². The Balaban J connectivity index is 4.11. The van der Waals surface area contributed by atoms with E-state index in [1.54, 1.807) is 0 Å². The molecule has 474 valence electrons. The van der Waals surface area contributed by atoms with Crippen LogP contribution < -0.4 is 0 Å². The minimum Gasteiger partial charge on any atom is -0.462 e. The number of rotatable bonds is 67. The maximum absolute atomic E-state index is 12.9. The lowest BCUT2D eigenvalue weighted by atomic mass is 10.0. The Bertz CT molecular complexity index is 1400. The number of allylic oxidation sites excluding steroid dienone is 8. The summed E-state index contributed by atoms with van der Waals surface area (Å²) in [7, 11) is 0. The van der Waals surface area contributed by atoms with Gasteiger partial charge in [0.25, 0.3) is 0 Å². The molecule has 0 aliphatic rings. The minimum absolute atomic E-state index is 0.0752. The molecule has 0 bridgehead atoms. The first-order chi connectivity index (χ1) is 40.0. The number of unbranched alkanes of at least 4 members (excludes halogenated alkanes) is 48. The van der Waals surface area contributed by atoms with Crippen molar-refractivity contribution in [3.63, 3.8) is 0 Å². The Morgan fingerprint density at radius 3 is 0.728 bits per heavy atom. The summed E-state index contributed by atoms with van der Waals surface area (Å²) in [6.45, 7) is 6.64. The van der Waals surface area contributed by atoms with Crippen LogP contribution in [0.3, 0.4) is 0 Å². The highest BCUT2D eigenvalue weighted by molar-refractivity contribution is 5.71. The first kappa shape index (κ1) is 78.4. The van der Waals surface area contributed by atoms with Crippen molar-refractivity contribution in [2.45, 2.75) is 399 Å². The quantitative estimate of drug-likeness (QED) is 0.0261. The monoisotopic (exact) mass is 1140 g/mol. The third kappa shape index (κ3) is 68.0. The Morgan fingerprint density at radius 2 is 0.444 bits per heavy atom. The third-order valence-corrected chi connectivity index (χ3v) is 16.3. The van der Waals surface area contributed by atoms with Gasteiger partial charge in [0.1, 0.15) is 13.2 Å². The molecule has 6 heteroatoms. The molecule has 81 heavy (non-hydrogen) atoms. The number of hydrogen-bond acceptors (Lipinski definition) is 6. The summed E-state index contributed by atoms with van der Waals surface area (Å²) in [6, 6.07) is 0. The van der Waals surface area contributed by atoms with Gasteiger partial charge in [-0.05, 0) is 103 Å². The van der Waals surface area contributed by atoms with Crippen molar-refractivity contribution in [3.05, 3.63) is 48.6 Å². The summed E-state index contributed by atoms with van der Waals surface area (Å²) in [4.78, 5) is 38.3. The van der Waals surface area contributed by atoms with Gasteiger partial charge in [-0.15, -0.1) is 0 Å². The van der Waals surface area contributed by atoms with E-state index in [4.69, 9.17) is 14.2 Å². The van der Waals surface area contributed by atoms with Crippen LogP contribution in [0.2, 0.25) is 0 Å². The van der Waals surface area contributed by atoms with Crippen LogP contribution in [-0.2, 0) is 28.6 Å². The molecule has 0 rings (SSSR count). The number of carbonyl (C=O) groups excluding carboxylic acids is 3. The predicted octanol–water partition coefficient (Wildman–Crippen LogP) is 24.9. The van der Waals surface area contributed by atoms with Crippen molar-refractivity contribution in [2.75, 3.05) is 13.2 Å². The van der Waals surface area contributed by atoms with Crippen molar-refractivity contribution < 1.29 is 28.6 Å². The molecule has 1 atom stereocenters. The molecule has 1 unspecified atom stereocenters. The Morgan fingerprint density at radius 1 is 0.247 bits per heavy atom. The molecule has 0 aromatic carbocycles. The zero-order chi connectivity index (χ0) is 58.5. The number of esters is 3. The third-order valence-electron chi connectivity index (χ3n) is 16.3. The SMILES string of the molecule is CCCCC/C=C\CCCCCCCC(=O)OCC(COC(=O)CCCCCCCCCCCCCCCCCCCCCCC/C=C\CCCCCCCCCC)OC(=O)CCCCCCCCC/C=C\C/C=C\CCCCCC. The van der Waals surface area contributed by atoms with Gasteiger partial charge >= 0.3 is 17.9 Å². The van der Waals surface area contributed by atoms with E-state index in [0.29, 0.717) is 19.3 Å². The molecule has 0 aromatic heterocycles. The molecule has 0 spiro atoms. The van der Waals surface area contributed by atoms with Crippen LogP contribution in [0.1, 0.15) is 393 Å². The summed E-state index contributed by atoms with van der Waals surface area (Å²) in [5.41, 5.74) is 0. The van der Waals surface area contributed by atoms with Crippen molar-refractivity contribution >= 4 is 17.9 Å². The van der Waals surface area contributed by atoms with Gasteiger partial charge in [0, 0.05) is 19.3 Å². The summed E-state index contributed by atoms with van der Waals surface area (Å²) < 4.78 is 16.9. The second-order valence-electron chi connectivity index (χ2n) is 24.5. The van der Waals surface area contributed by atoms with Gasteiger partial charge < -0.3 is 14.2 Å². The van der Waals surface area contributed by atoms with E-state index in [1.807, 2.05) is 0 Å². The maximum Gasteiger partial charge on any atom is 0.306 e. The highest BCUT2D eigenvalue weighted by Crippen LogP contribution is 2.18. The van der Waals surface area contributed by atoms with E-state index in [1.165, 1.54) is 276 Å². The molecule has 0 aliphatic carbocycles. The molecular formula is C75H138O6. The van der Waals surface area contributed by atoms with Gasteiger partial charge in [-0.3, -0.25) is 14.4 Å². The van der Waals surface area contributed by atoms with Crippen LogP contribution in [0.5, 0.6) is 0 Å². The van der Waals surface area contributed by atoms with Gasteiger partial charge in [0.2, 0.25) is 0 Å². The van der Waals surface area contributed by atoms with Gasteiger partial charge in [-0.2, -0.15) is 0 Å². The molecular weight excluding hydrogens is 997 g/mol. The average molecular weight is 1140 g/mol. The fraction of sp³-hybridized carbons (Fsp3) is 0.853.